The second-order valence-corrected chi connectivity index (χ2v) is 3.05. The van der Waals surface area contributed by atoms with Crippen molar-refractivity contribution in [2.45, 2.75) is 13.3 Å². The molecule has 1 atom stereocenters. The molecule has 0 rings (SSSR count). The van der Waals surface area contributed by atoms with Crippen LogP contribution in [0.5, 0.6) is 0 Å². The van der Waals surface area contributed by atoms with Crippen LogP contribution in [0.25, 0.3) is 0 Å². The van der Waals surface area contributed by atoms with Crippen molar-refractivity contribution in [1.29, 1.82) is 0 Å². The fourth-order valence-corrected chi connectivity index (χ4v) is 0.911. The lowest BCUT2D eigenvalue weighted by molar-refractivity contribution is -0.139. The molecule has 0 radical (unpaired) electrons. The monoisotopic (exact) mass is 210 g/mol. The second kappa shape index (κ2) is 5.17. The van der Waals surface area contributed by atoms with E-state index in [0.717, 1.165) is 0 Å². The molecule has 0 aliphatic carbocycles. The Bertz CT molecular complexity index is 223. The van der Waals surface area contributed by atoms with Gasteiger partial charge < -0.3 is 9.90 Å². The van der Waals surface area contributed by atoms with Gasteiger partial charge >= 0.3 is 5.97 Å². The molecule has 5 heteroatoms. The molecule has 1 N–H and O–H groups in total. The smallest absolute Gasteiger partial charge is 0.311 e. The second-order valence-electron chi connectivity index (χ2n) is 2.18. The molecule has 0 saturated carbocycles. The van der Waals surface area contributed by atoms with Crippen LogP contribution in [0.4, 0.5) is 0 Å². The minimum absolute atomic E-state index is 0.0104. The van der Waals surface area contributed by atoms with E-state index in [-0.39, 0.29) is 16.5 Å². The highest BCUT2D eigenvalue weighted by Gasteiger charge is 2.17. The number of hydrogen-bond donors (Lipinski definition) is 1. The topological polar surface area (TPSA) is 54.4 Å². The fraction of sp³-hybridized carbons (Fsp3) is 0.429. The first-order valence-electron chi connectivity index (χ1n) is 3.21. The molecular formula is C7H8Cl2O3. The zero-order valence-electron chi connectivity index (χ0n) is 6.38. The van der Waals surface area contributed by atoms with E-state index < -0.39 is 11.9 Å². The van der Waals surface area contributed by atoms with Crippen molar-refractivity contribution in [1.82, 2.24) is 0 Å². The maximum absolute atomic E-state index is 10.4. The van der Waals surface area contributed by atoms with Gasteiger partial charge in [-0.2, -0.15) is 0 Å². The summed E-state index contributed by atoms with van der Waals surface area (Å²) in [7, 11) is 0. The normalized spacial score (nSPS) is 14.9. The summed E-state index contributed by atoms with van der Waals surface area (Å²) in [5.74, 6) is -1.93. The van der Waals surface area contributed by atoms with Crippen LogP contribution in [0.15, 0.2) is 10.1 Å². The summed E-state index contributed by atoms with van der Waals surface area (Å²) < 4.78 is 0. The molecule has 0 aromatic heterocycles. The van der Waals surface area contributed by atoms with Crippen molar-refractivity contribution in [2.75, 3.05) is 0 Å². The number of aldehydes is 1. The number of halogens is 2. The summed E-state index contributed by atoms with van der Waals surface area (Å²) in [6.07, 6.45) is 0.525. The minimum Gasteiger partial charge on any atom is -0.481 e. The number of allylic oxidation sites excluding steroid dienone is 1. The first-order valence-corrected chi connectivity index (χ1v) is 3.96. The molecule has 0 saturated heterocycles. The third kappa shape index (κ3) is 3.24. The van der Waals surface area contributed by atoms with Crippen LogP contribution in [-0.4, -0.2) is 17.4 Å². The van der Waals surface area contributed by atoms with Crippen LogP contribution < -0.4 is 0 Å². The molecule has 0 heterocycles. The third-order valence-corrected chi connectivity index (χ3v) is 2.28. The van der Waals surface area contributed by atoms with Gasteiger partial charge in [-0.25, -0.2) is 0 Å². The zero-order valence-corrected chi connectivity index (χ0v) is 7.89. The van der Waals surface area contributed by atoms with Gasteiger partial charge in [-0.05, 0) is 6.92 Å². The molecule has 0 aliphatic heterocycles. The van der Waals surface area contributed by atoms with Gasteiger partial charge in [0.1, 0.15) is 6.29 Å². The van der Waals surface area contributed by atoms with E-state index in [0.29, 0.717) is 6.29 Å². The lowest BCUT2D eigenvalue weighted by Gasteiger charge is -2.05. The number of hydrogen-bond acceptors (Lipinski definition) is 2. The lowest BCUT2D eigenvalue weighted by atomic mass is 10.1. The summed E-state index contributed by atoms with van der Waals surface area (Å²) in [6.45, 7) is 1.40. The van der Waals surface area contributed by atoms with Crippen LogP contribution in [0.2, 0.25) is 0 Å². The lowest BCUT2D eigenvalue weighted by Crippen LogP contribution is -2.10. The van der Waals surface area contributed by atoms with Crippen molar-refractivity contribution in [3.05, 3.63) is 10.1 Å². The maximum atomic E-state index is 10.4. The van der Waals surface area contributed by atoms with Crippen molar-refractivity contribution in [3.63, 3.8) is 0 Å². The number of carboxylic acid groups (broad SMARTS) is 1. The zero-order chi connectivity index (χ0) is 9.72. The van der Waals surface area contributed by atoms with Crippen molar-refractivity contribution in [3.8, 4) is 0 Å². The Kier molecular flexibility index (Phi) is 4.93. The van der Waals surface area contributed by atoms with E-state index in [4.69, 9.17) is 28.3 Å². The van der Waals surface area contributed by atoms with Gasteiger partial charge in [0.2, 0.25) is 0 Å². The van der Waals surface area contributed by atoms with Gasteiger partial charge in [0, 0.05) is 16.5 Å². The first kappa shape index (κ1) is 11.5. The Balaban J connectivity index is 4.52. The SMILES string of the molecule is CC(C(=O)O)/C(Cl)=C(\Cl)CC=O. The summed E-state index contributed by atoms with van der Waals surface area (Å²) in [5.41, 5.74) is 0. The van der Waals surface area contributed by atoms with Gasteiger partial charge in [-0.3, -0.25) is 4.79 Å². The molecule has 12 heavy (non-hydrogen) atoms. The molecule has 0 spiro atoms. The van der Waals surface area contributed by atoms with Crippen molar-refractivity contribution in [2.24, 2.45) is 5.92 Å². The molecule has 0 amide bonds. The summed E-state index contributed by atoms with van der Waals surface area (Å²) in [5, 5.41) is 8.60. The Labute approximate surface area is 80.0 Å². The quantitative estimate of drug-likeness (QED) is 0.723. The highest BCUT2D eigenvalue weighted by Crippen LogP contribution is 2.24. The summed E-state index contributed by atoms with van der Waals surface area (Å²) in [4.78, 5) is 20.4. The molecule has 0 aliphatic rings. The van der Waals surface area contributed by atoms with Crippen LogP contribution in [0.1, 0.15) is 13.3 Å². The molecule has 0 aromatic carbocycles. The van der Waals surface area contributed by atoms with Crippen molar-refractivity contribution >= 4 is 35.5 Å². The van der Waals surface area contributed by atoms with Gasteiger partial charge in [0.15, 0.2) is 0 Å². The Hall–Kier alpha value is -0.540. The van der Waals surface area contributed by atoms with Gasteiger partial charge in [0.25, 0.3) is 0 Å². The highest BCUT2D eigenvalue weighted by atomic mass is 35.5. The van der Waals surface area contributed by atoms with E-state index in [1.165, 1.54) is 6.92 Å². The van der Waals surface area contributed by atoms with Crippen LogP contribution in [0.3, 0.4) is 0 Å². The van der Waals surface area contributed by atoms with E-state index in [1.54, 1.807) is 0 Å². The molecule has 3 nitrogen and oxygen atoms in total. The Morgan fingerprint density at radius 1 is 1.58 bits per heavy atom. The number of carbonyl (C=O) groups excluding carboxylic acids is 1. The van der Waals surface area contributed by atoms with E-state index in [1.807, 2.05) is 0 Å². The van der Waals surface area contributed by atoms with Gasteiger partial charge in [-0.1, -0.05) is 23.2 Å². The van der Waals surface area contributed by atoms with E-state index >= 15 is 0 Å². The molecule has 0 aromatic rings. The number of carbonyl (C=O) groups is 2. The van der Waals surface area contributed by atoms with E-state index in [2.05, 4.69) is 0 Å². The molecular weight excluding hydrogens is 203 g/mol. The molecule has 1 unspecified atom stereocenters. The number of rotatable bonds is 4. The predicted molar refractivity (Wildman–Crippen MR) is 46.2 cm³/mol. The molecule has 0 bridgehead atoms. The van der Waals surface area contributed by atoms with Crippen LogP contribution >= 0.6 is 23.2 Å². The predicted octanol–water partition coefficient (Wildman–Crippen LogP) is 1.99. The highest BCUT2D eigenvalue weighted by molar-refractivity contribution is 6.40. The number of aliphatic carboxylic acids is 1. The molecule has 0 fully saturated rings. The average Bonchev–Trinajstić information content (AvgIpc) is 2.02. The maximum Gasteiger partial charge on any atom is 0.311 e. The molecule has 68 valence electrons. The summed E-state index contributed by atoms with van der Waals surface area (Å²) >= 11 is 11.1. The third-order valence-electron chi connectivity index (χ3n) is 1.27. The summed E-state index contributed by atoms with van der Waals surface area (Å²) in [6, 6.07) is 0. The first-order chi connectivity index (χ1) is 5.50. The Morgan fingerprint density at radius 2 is 2.08 bits per heavy atom. The number of carboxylic acids is 1. The van der Waals surface area contributed by atoms with Crippen LogP contribution in [-0.2, 0) is 9.59 Å². The van der Waals surface area contributed by atoms with Gasteiger partial charge in [0.05, 0.1) is 5.92 Å². The van der Waals surface area contributed by atoms with Crippen molar-refractivity contribution < 1.29 is 14.7 Å². The average molecular weight is 211 g/mol. The Morgan fingerprint density at radius 3 is 2.42 bits per heavy atom. The van der Waals surface area contributed by atoms with Gasteiger partial charge in [-0.15, -0.1) is 0 Å². The van der Waals surface area contributed by atoms with Crippen LogP contribution in [0, 0.1) is 5.92 Å². The fourth-order valence-electron chi connectivity index (χ4n) is 0.514. The standard InChI is InChI=1S/C7H8Cl2O3/c1-4(7(11)12)6(9)5(8)2-3-10/h3-4H,2H2,1H3,(H,11,12)/b6-5+. The largest absolute Gasteiger partial charge is 0.481 e. The van der Waals surface area contributed by atoms with E-state index in [9.17, 15) is 9.59 Å². The minimum atomic E-state index is -1.07.